The monoisotopic (exact) mass is 268 g/mol. The highest BCUT2D eigenvalue weighted by molar-refractivity contribution is 5.81. The van der Waals surface area contributed by atoms with Crippen molar-refractivity contribution in [2.45, 2.75) is 37.8 Å². The molecule has 2 heterocycles. The van der Waals surface area contributed by atoms with Crippen molar-refractivity contribution in [2.24, 2.45) is 5.92 Å². The van der Waals surface area contributed by atoms with E-state index in [-0.39, 0.29) is 12.0 Å². The zero-order chi connectivity index (χ0) is 13.1. The fraction of sp³-hybridized carbons (Fsp3) is 0.929. The quantitative estimate of drug-likeness (QED) is 0.801. The van der Waals surface area contributed by atoms with Gasteiger partial charge in [0.05, 0.1) is 19.8 Å². The van der Waals surface area contributed by atoms with Crippen molar-refractivity contribution in [3.8, 4) is 0 Å². The van der Waals surface area contributed by atoms with Crippen molar-refractivity contribution in [3.63, 3.8) is 0 Å². The lowest BCUT2D eigenvalue weighted by atomic mass is 9.98. The number of hydrogen-bond acceptors (Lipinski definition) is 4. The molecule has 1 saturated carbocycles. The Balaban J connectivity index is 1.57. The summed E-state index contributed by atoms with van der Waals surface area (Å²) in [6.07, 6.45) is 4.39. The third kappa shape index (κ3) is 3.46. The van der Waals surface area contributed by atoms with Gasteiger partial charge in [0.1, 0.15) is 0 Å². The molecule has 5 heteroatoms. The Kier molecular flexibility index (Phi) is 4.35. The van der Waals surface area contributed by atoms with Crippen LogP contribution in [0.5, 0.6) is 0 Å². The lowest BCUT2D eigenvalue weighted by molar-refractivity contribution is -0.159. The van der Waals surface area contributed by atoms with E-state index in [0.717, 1.165) is 32.5 Å². The first kappa shape index (κ1) is 13.3. The maximum Gasteiger partial charge on any atom is 0.254 e. The molecule has 0 radical (unpaired) electrons. The smallest absolute Gasteiger partial charge is 0.254 e. The van der Waals surface area contributed by atoms with Gasteiger partial charge in [-0.05, 0) is 44.7 Å². The van der Waals surface area contributed by atoms with E-state index in [1.807, 2.05) is 0 Å². The summed E-state index contributed by atoms with van der Waals surface area (Å²) in [7, 11) is 0. The van der Waals surface area contributed by atoms with Crippen LogP contribution in [0.2, 0.25) is 0 Å². The average molecular weight is 268 g/mol. The highest BCUT2D eigenvalue weighted by Crippen LogP contribution is 2.29. The fourth-order valence-corrected chi connectivity index (χ4v) is 2.98. The number of piperidine rings is 1. The van der Waals surface area contributed by atoms with E-state index < -0.39 is 0 Å². The summed E-state index contributed by atoms with van der Waals surface area (Å²) in [6, 6.07) is 0.458. The Morgan fingerprint density at radius 1 is 1.26 bits per heavy atom. The fourth-order valence-electron chi connectivity index (χ4n) is 2.98. The summed E-state index contributed by atoms with van der Waals surface area (Å²) >= 11 is 0. The van der Waals surface area contributed by atoms with Crippen molar-refractivity contribution in [3.05, 3.63) is 0 Å². The standard InChI is InChI=1S/C14H24N2O3/c17-14(13-10-18-6-7-19-13)16(12-3-4-12)9-11-2-1-5-15-8-11/h11-13,15H,1-10H2. The molecule has 0 aromatic heterocycles. The molecule has 0 bridgehead atoms. The zero-order valence-electron chi connectivity index (χ0n) is 11.5. The molecular formula is C14H24N2O3. The molecule has 3 fully saturated rings. The van der Waals surface area contributed by atoms with Gasteiger partial charge in [-0.25, -0.2) is 0 Å². The van der Waals surface area contributed by atoms with Crippen LogP contribution in [0.25, 0.3) is 0 Å². The highest BCUT2D eigenvalue weighted by atomic mass is 16.6. The van der Waals surface area contributed by atoms with Crippen molar-refractivity contribution in [1.29, 1.82) is 0 Å². The van der Waals surface area contributed by atoms with Crippen LogP contribution in [0, 0.1) is 5.92 Å². The number of rotatable bonds is 4. The zero-order valence-corrected chi connectivity index (χ0v) is 11.5. The maximum atomic E-state index is 12.6. The van der Waals surface area contributed by atoms with Gasteiger partial charge in [0.25, 0.3) is 5.91 Å². The molecule has 0 aromatic rings. The summed E-state index contributed by atoms with van der Waals surface area (Å²) in [5.41, 5.74) is 0. The molecule has 108 valence electrons. The summed E-state index contributed by atoms with van der Waals surface area (Å²) in [5.74, 6) is 0.746. The Hall–Kier alpha value is -0.650. The van der Waals surface area contributed by atoms with Gasteiger partial charge in [0.2, 0.25) is 0 Å². The Morgan fingerprint density at radius 2 is 2.16 bits per heavy atom. The molecule has 2 saturated heterocycles. The van der Waals surface area contributed by atoms with Gasteiger partial charge in [-0.15, -0.1) is 0 Å². The van der Waals surface area contributed by atoms with E-state index in [1.54, 1.807) is 0 Å². The van der Waals surface area contributed by atoms with E-state index >= 15 is 0 Å². The van der Waals surface area contributed by atoms with Gasteiger partial charge in [-0.3, -0.25) is 4.79 Å². The highest BCUT2D eigenvalue weighted by Gasteiger charge is 2.38. The third-order valence-electron chi connectivity index (χ3n) is 4.22. The van der Waals surface area contributed by atoms with Crippen molar-refractivity contribution >= 4 is 5.91 Å². The topological polar surface area (TPSA) is 50.8 Å². The molecule has 2 atom stereocenters. The van der Waals surface area contributed by atoms with Crippen LogP contribution in [-0.2, 0) is 14.3 Å². The van der Waals surface area contributed by atoms with Crippen LogP contribution in [0.3, 0.4) is 0 Å². The molecule has 1 amide bonds. The number of carbonyl (C=O) groups is 1. The predicted molar refractivity (Wildman–Crippen MR) is 70.9 cm³/mol. The number of nitrogens with one attached hydrogen (secondary N) is 1. The minimum atomic E-state index is -0.370. The Labute approximate surface area is 114 Å². The second kappa shape index (κ2) is 6.20. The lowest BCUT2D eigenvalue weighted by Crippen LogP contribution is -2.49. The molecular weight excluding hydrogens is 244 g/mol. The predicted octanol–water partition coefficient (Wildman–Crippen LogP) is 0.392. The van der Waals surface area contributed by atoms with Gasteiger partial charge in [-0.1, -0.05) is 0 Å². The van der Waals surface area contributed by atoms with Crippen molar-refractivity contribution in [1.82, 2.24) is 10.2 Å². The molecule has 0 spiro atoms. The van der Waals surface area contributed by atoms with Gasteiger partial charge in [0, 0.05) is 12.6 Å². The Morgan fingerprint density at radius 3 is 2.79 bits per heavy atom. The van der Waals surface area contributed by atoms with Gasteiger partial charge in [-0.2, -0.15) is 0 Å². The van der Waals surface area contributed by atoms with Crippen LogP contribution in [0.1, 0.15) is 25.7 Å². The minimum Gasteiger partial charge on any atom is -0.376 e. The van der Waals surface area contributed by atoms with Crippen molar-refractivity contribution < 1.29 is 14.3 Å². The number of nitrogens with zero attached hydrogens (tertiary/aromatic N) is 1. The molecule has 3 aliphatic rings. The van der Waals surface area contributed by atoms with Crippen LogP contribution < -0.4 is 5.32 Å². The summed E-state index contributed by atoms with van der Waals surface area (Å²) in [4.78, 5) is 14.6. The molecule has 2 unspecified atom stereocenters. The van der Waals surface area contributed by atoms with E-state index in [1.165, 1.54) is 12.8 Å². The number of amides is 1. The average Bonchev–Trinajstić information content (AvgIpc) is 3.31. The lowest BCUT2D eigenvalue weighted by Gasteiger charge is -2.33. The number of ether oxygens (including phenoxy) is 2. The maximum absolute atomic E-state index is 12.6. The van der Waals surface area contributed by atoms with E-state index in [2.05, 4.69) is 10.2 Å². The van der Waals surface area contributed by atoms with Gasteiger partial charge in [0.15, 0.2) is 6.10 Å². The van der Waals surface area contributed by atoms with E-state index in [4.69, 9.17) is 9.47 Å². The molecule has 5 nitrogen and oxygen atoms in total. The summed E-state index contributed by atoms with van der Waals surface area (Å²) in [6.45, 7) is 4.62. The van der Waals surface area contributed by atoms with Crippen LogP contribution in [0.4, 0.5) is 0 Å². The first-order valence-corrected chi connectivity index (χ1v) is 7.55. The second-order valence-electron chi connectivity index (χ2n) is 5.87. The van der Waals surface area contributed by atoms with E-state index in [0.29, 0.717) is 31.8 Å². The SMILES string of the molecule is O=C(C1COCCO1)N(CC1CCCNC1)C1CC1. The molecule has 3 rings (SSSR count). The summed E-state index contributed by atoms with van der Waals surface area (Å²) < 4.78 is 10.9. The van der Waals surface area contributed by atoms with Gasteiger partial charge < -0.3 is 19.7 Å². The largest absolute Gasteiger partial charge is 0.376 e. The van der Waals surface area contributed by atoms with E-state index in [9.17, 15) is 4.79 Å². The third-order valence-corrected chi connectivity index (χ3v) is 4.22. The number of hydrogen-bond donors (Lipinski definition) is 1. The normalized spacial score (nSPS) is 32.0. The summed E-state index contributed by atoms with van der Waals surface area (Å²) in [5, 5.41) is 3.42. The molecule has 1 N–H and O–H groups in total. The van der Waals surface area contributed by atoms with Crippen molar-refractivity contribution in [2.75, 3.05) is 39.5 Å². The first-order chi connectivity index (χ1) is 9.34. The van der Waals surface area contributed by atoms with Crippen LogP contribution in [0.15, 0.2) is 0 Å². The second-order valence-corrected chi connectivity index (χ2v) is 5.87. The minimum absolute atomic E-state index is 0.146. The van der Waals surface area contributed by atoms with Crippen LogP contribution in [-0.4, -0.2) is 62.4 Å². The first-order valence-electron chi connectivity index (χ1n) is 7.55. The number of carbonyl (C=O) groups excluding carboxylic acids is 1. The molecule has 1 aliphatic carbocycles. The molecule has 0 aromatic carbocycles. The molecule has 19 heavy (non-hydrogen) atoms. The van der Waals surface area contributed by atoms with Crippen LogP contribution >= 0.6 is 0 Å². The molecule has 2 aliphatic heterocycles. The Bertz CT molecular complexity index is 308. The van der Waals surface area contributed by atoms with Gasteiger partial charge >= 0.3 is 0 Å².